The molecule has 0 spiro atoms. The van der Waals surface area contributed by atoms with E-state index in [1.54, 1.807) is 0 Å². The van der Waals surface area contributed by atoms with E-state index in [1.807, 2.05) is 0 Å². The van der Waals surface area contributed by atoms with Crippen LogP contribution in [0.4, 0.5) is 0 Å². The summed E-state index contributed by atoms with van der Waals surface area (Å²) in [6.45, 7) is 4.02. The summed E-state index contributed by atoms with van der Waals surface area (Å²) in [7, 11) is 2.10. The van der Waals surface area contributed by atoms with Gasteiger partial charge in [-0.25, -0.2) is 0 Å². The molecule has 3 nitrogen and oxygen atoms in total. The summed E-state index contributed by atoms with van der Waals surface area (Å²) in [6, 6.07) is 0. The molecule has 2 heterocycles. The van der Waals surface area contributed by atoms with E-state index in [2.05, 4.69) is 17.3 Å². The Morgan fingerprint density at radius 1 is 1.38 bits per heavy atom. The van der Waals surface area contributed by atoms with Crippen LogP contribution in [0, 0.1) is 11.8 Å². The first-order valence-electron chi connectivity index (χ1n) is 5.20. The van der Waals surface area contributed by atoms with Gasteiger partial charge in [0.1, 0.15) is 5.78 Å². The van der Waals surface area contributed by atoms with Gasteiger partial charge in [0.25, 0.3) is 0 Å². The van der Waals surface area contributed by atoms with Gasteiger partial charge >= 0.3 is 0 Å². The third-order valence-corrected chi connectivity index (χ3v) is 3.26. The molecule has 74 valence electrons. The molecule has 2 atom stereocenters. The van der Waals surface area contributed by atoms with Crippen LogP contribution in [0.3, 0.4) is 0 Å². The zero-order valence-corrected chi connectivity index (χ0v) is 8.25. The molecule has 2 aliphatic heterocycles. The van der Waals surface area contributed by atoms with E-state index in [4.69, 9.17) is 0 Å². The predicted molar refractivity (Wildman–Crippen MR) is 51.6 cm³/mol. The Balaban J connectivity index is 1.89. The maximum atomic E-state index is 11.9. The van der Waals surface area contributed by atoms with E-state index in [0.29, 0.717) is 17.6 Å². The van der Waals surface area contributed by atoms with Crippen molar-refractivity contribution in [2.75, 3.05) is 33.2 Å². The number of nitrogens with zero attached hydrogens (tertiary/aromatic N) is 1. The maximum absolute atomic E-state index is 11.9. The van der Waals surface area contributed by atoms with Crippen LogP contribution in [0.1, 0.15) is 12.8 Å². The highest BCUT2D eigenvalue weighted by Crippen LogP contribution is 2.22. The van der Waals surface area contributed by atoms with Gasteiger partial charge in [0, 0.05) is 24.9 Å². The van der Waals surface area contributed by atoms with E-state index < -0.39 is 0 Å². The Bertz CT molecular complexity index is 199. The highest BCUT2D eigenvalue weighted by molar-refractivity contribution is 5.84. The molecule has 0 aromatic heterocycles. The second-order valence-corrected chi connectivity index (χ2v) is 4.34. The van der Waals surface area contributed by atoms with Gasteiger partial charge in [-0.2, -0.15) is 0 Å². The van der Waals surface area contributed by atoms with Crippen LogP contribution in [0.2, 0.25) is 0 Å². The van der Waals surface area contributed by atoms with E-state index in [-0.39, 0.29) is 0 Å². The fraction of sp³-hybridized carbons (Fsp3) is 0.900. The van der Waals surface area contributed by atoms with Crippen molar-refractivity contribution < 1.29 is 4.79 Å². The van der Waals surface area contributed by atoms with E-state index in [0.717, 1.165) is 39.0 Å². The third kappa shape index (κ3) is 1.92. The number of Topliss-reactive ketones (excluding diaryl/α,β-unsaturated/α-hetero) is 1. The highest BCUT2D eigenvalue weighted by atomic mass is 16.1. The highest BCUT2D eigenvalue weighted by Gasteiger charge is 2.32. The van der Waals surface area contributed by atoms with Crippen molar-refractivity contribution in [3.8, 4) is 0 Å². The molecule has 13 heavy (non-hydrogen) atoms. The van der Waals surface area contributed by atoms with E-state index >= 15 is 0 Å². The van der Waals surface area contributed by atoms with E-state index in [9.17, 15) is 4.79 Å². The van der Waals surface area contributed by atoms with Crippen molar-refractivity contribution in [1.29, 1.82) is 0 Å². The molecular formula is C10H18N2O. The van der Waals surface area contributed by atoms with Crippen LogP contribution in [-0.4, -0.2) is 43.9 Å². The van der Waals surface area contributed by atoms with Gasteiger partial charge in [0.05, 0.1) is 0 Å². The molecule has 0 bridgehead atoms. The molecule has 0 aromatic carbocycles. The van der Waals surface area contributed by atoms with Crippen LogP contribution in [-0.2, 0) is 4.79 Å². The average Bonchev–Trinajstić information content (AvgIpc) is 2.72. The zero-order chi connectivity index (χ0) is 9.26. The standard InChI is InChI=1S/C10H18N2O/c1-12-5-3-9(7-12)10(13)8-2-4-11-6-8/h8-9,11H,2-7H2,1H3. The number of rotatable bonds is 2. The molecule has 2 rings (SSSR count). The molecule has 0 saturated carbocycles. The van der Waals surface area contributed by atoms with Gasteiger partial charge in [-0.3, -0.25) is 4.79 Å². The predicted octanol–water partition coefficient (Wildman–Crippen LogP) is 0.117. The van der Waals surface area contributed by atoms with Gasteiger partial charge < -0.3 is 10.2 Å². The number of carbonyl (C=O) groups is 1. The topological polar surface area (TPSA) is 32.3 Å². The Hall–Kier alpha value is -0.410. The first-order valence-corrected chi connectivity index (χ1v) is 5.20. The molecular weight excluding hydrogens is 164 g/mol. The minimum atomic E-state index is 0.316. The van der Waals surface area contributed by atoms with Crippen LogP contribution < -0.4 is 5.32 Å². The lowest BCUT2D eigenvalue weighted by molar-refractivity contribution is -0.125. The molecule has 1 N–H and O–H groups in total. The lowest BCUT2D eigenvalue weighted by Gasteiger charge is -2.13. The molecule has 0 aromatic rings. The number of ketones is 1. The summed E-state index contributed by atoms with van der Waals surface area (Å²) in [4.78, 5) is 14.2. The summed E-state index contributed by atoms with van der Waals surface area (Å²) < 4.78 is 0. The Morgan fingerprint density at radius 3 is 2.77 bits per heavy atom. The van der Waals surface area contributed by atoms with Gasteiger partial charge in [0.15, 0.2) is 0 Å². The Labute approximate surface area is 79.5 Å². The smallest absolute Gasteiger partial charge is 0.141 e. The van der Waals surface area contributed by atoms with Crippen LogP contribution >= 0.6 is 0 Å². The molecule has 2 unspecified atom stereocenters. The minimum Gasteiger partial charge on any atom is -0.316 e. The summed E-state index contributed by atoms with van der Waals surface area (Å²) in [6.07, 6.45) is 2.13. The summed E-state index contributed by atoms with van der Waals surface area (Å²) in [5.74, 6) is 1.15. The first-order chi connectivity index (χ1) is 6.27. The van der Waals surface area contributed by atoms with Crippen molar-refractivity contribution in [1.82, 2.24) is 10.2 Å². The summed E-state index contributed by atoms with van der Waals surface area (Å²) in [5.41, 5.74) is 0. The van der Waals surface area contributed by atoms with E-state index in [1.165, 1.54) is 0 Å². The van der Waals surface area contributed by atoms with Crippen molar-refractivity contribution in [3.05, 3.63) is 0 Å². The molecule has 2 aliphatic rings. The fourth-order valence-corrected chi connectivity index (χ4v) is 2.40. The second-order valence-electron chi connectivity index (χ2n) is 4.34. The maximum Gasteiger partial charge on any atom is 0.141 e. The number of hydrogen-bond acceptors (Lipinski definition) is 3. The molecule has 0 radical (unpaired) electrons. The monoisotopic (exact) mass is 182 g/mol. The first kappa shape index (κ1) is 9.16. The lowest BCUT2D eigenvalue weighted by Crippen LogP contribution is -2.27. The summed E-state index contributed by atoms with van der Waals surface area (Å²) >= 11 is 0. The van der Waals surface area contributed by atoms with Crippen LogP contribution in [0.5, 0.6) is 0 Å². The Morgan fingerprint density at radius 2 is 2.23 bits per heavy atom. The van der Waals surface area contributed by atoms with Crippen molar-refractivity contribution in [2.24, 2.45) is 11.8 Å². The van der Waals surface area contributed by atoms with Crippen molar-refractivity contribution in [2.45, 2.75) is 12.8 Å². The number of nitrogens with one attached hydrogen (secondary N) is 1. The minimum absolute atomic E-state index is 0.316. The quantitative estimate of drug-likeness (QED) is 0.658. The fourth-order valence-electron chi connectivity index (χ4n) is 2.40. The van der Waals surface area contributed by atoms with Gasteiger partial charge in [0.2, 0.25) is 0 Å². The molecule has 2 saturated heterocycles. The van der Waals surface area contributed by atoms with Gasteiger partial charge in [-0.1, -0.05) is 0 Å². The molecule has 0 amide bonds. The van der Waals surface area contributed by atoms with Gasteiger partial charge in [-0.05, 0) is 33.0 Å². The lowest BCUT2D eigenvalue weighted by atomic mass is 9.91. The molecule has 0 aliphatic carbocycles. The summed E-state index contributed by atoms with van der Waals surface area (Å²) in [5, 5.41) is 3.25. The number of likely N-dealkylation sites (tertiary alicyclic amines) is 1. The Kier molecular flexibility index (Phi) is 2.65. The third-order valence-electron chi connectivity index (χ3n) is 3.26. The van der Waals surface area contributed by atoms with Crippen LogP contribution in [0.15, 0.2) is 0 Å². The normalized spacial score (nSPS) is 35.5. The molecule has 3 heteroatoms. The number of carbonyl (C=O) groups excluding carboxylic acids is 1. The largest absolute Gasteiger partial charge is 0.316 e. The van der Waals surface area contributed by atoms with Crippen LogP contribution in [0.25, 0.3) is 0 Å². The number of hydrogen-bond donors (Lipinski definition) is 1. The SMILES string of the molecule is CN1CCC(C(=O)C2CCNC2)C1. The van der Waals surface area contributed by atoms with Crippen molar-refractivity contribution in [3.63, 3.8) is 0 Å². The van der Waals surface area contributed by atoms with Crippen molar-refractivity contribution >= 4 is 5.78 Å². The second kappa shape index (κ2) is 3.76. The zero-order valence-electron chi connectivity index (χ0n) is 8.25. The van der Waals surface area contributed by atoms with Gasteiger partial charge in [-0.15, -0.1) is 0 Å². The molecule has 2 fully saturated rings. The average molecular weight is 182 g/mol.